The van der Waals surface area contributed by atoms with Gasteiger partial charge in [-0.15, -0.1) is 0 Å². The molecule has 0 spiro atoms. The fraction of sp³-hybridized carbons (Fsp3) is 0.778. The molecule has 1 saturated heterocycles. The van der Waals surface area contributed by atoms with E-state index >= 15 is 0 Å². The molecule has 1 N–H and O–H groups in total. The van der Waals surface area contributed by atoms with E-state index in [9.17, 15) is 0 Å². The number of hydrogen-bond acceptors (Lipinski definition) is 3. The first-order chi connectivity index (χ1) is 6.77. The largest absolute Gasteiger partial charge is 0.307 e. The third-order valence-electron chi connectivity index (χ3n) is 2.78. The zero-order valence-corrected chi connectivity index (χ0v) is 9.96. The first kappa shape index (κ1) is 10.2. The summed E-state index contributed by atoms with van der Waals surface area (Å²) in [6, 6.07) is 0. The second kappa shape index (κ2) is 4.49. The van der Waals surface area contributed by atoms with E-state index in [2.05, 4.69) is 22.0 Å². The SMILES string of the molecule is Cn1c(CC2CCSCC2)n[nH]c1=S. The summed E-state index contributed by atoms with van der Waals surface area (Å²) >= 11 is 7.15. The first-order valence-corrected chi connectivity index (χ1v) is 6.51. The third-order valence-corrected chi connectivity index (χ3v) is 4.20. The highest BCUT2D eigenvalue weighted by molar-refractivity contribution is 7.99. The van der Waals surface area contributed by atoms with Crippen molar-refractivity contribution in [2.24, 2.45) is 13.0 Å². The monoisotopic (exact) mass is 229 g/mol. The van der Waals surface area contributed by atoms with Gasteiger partial charge >= 0.3 is 0 Å². The summed E-state index contributed by atoms with van der Waals surface area (Å²) in [6.07, 6.45) is 3.72. The van der Waals surface area contributed by atoms with Gasteiger partial charge in [0.25, 0.3) is 0 Å². The Bertz CT molecular complexity index is 349. The Labute approximate surface area is 93.3 Å². The molecule has 2 heterocycles. The van der Waals surface area contributed by atoms with Crippen molar-refractivity contribution in [1.82, 2.24) is 14.8 Å². The van der Waals surface area contributed by atoms with Crippen LogP contribution in [0.4, 0.5) is 0 Å². The molecular formula is C9H15N3S2. The van der Waals surface area contributed by atoms with Crippen LogP contribution in [0.3, 0.4) is 0 Å². The molecule has 14 heavy (non-hydrogen) atoms. The molecule has 5 heteroatoms. The van der Waals surface area contributed by atoms with Crippen molar-refractivity contribution in [2.45, 2.75) is 19.3 Å². The van der Waals surface area contributed by atoms with Crippen molar-refractivity contribution in [3.8, 4) is 0 Å². The Hall–Kier alpha value is -0.290. The Kier molecular flexibility index (Phi) is 3.28. The lowest BCUT2D eigenvalue weighted by atomic mass is 9.98. The predicted octanol–water partition coefficient (Wildman–Crippen LogP) is 2.16. The van der Waals surface area contributed by atoms with Crippen molar-refractivity contribution >= 4 is 24.0 Å². The fourth-order valence-corrected chi connectivity index (χ4v) is 3.13. The molecule has 0 amide bonds. The van der Waals surface area contributed by atoms with Gasteiger partial charge in [0, 0.05) is 13.5 Å². The molecular weight excluding hydrogens is 214 g/mol. The van der Waals surface area contributed by atoms with Crippen LogP contribution >= 0.6 is 24.0 Å². The van der Waals surface area contributed by atoms with Crippen LogP contribution in [0.2, 0.25) is 0 Å². The Morgan fingerprint density at radius 3 is 2.86 bits per heavy atom. The van der Waals surface area contributed by atoms with E-state index in [1.165, 1.54) is 24.3 Å². The predicted molar refractivity (Wildman–Crippen MR) is 62.1 cm³/mol. The molecule has 0 saturated carbocycles. The molecule has 2 rings (SSSR count). The number of nitrogens with one attached hydrogen (secondary N) is 1. The zero-order valence-electron chi connectivity index (χ0n) is 8.32. The van der Waals surface area contributed by atoms with Crippen LogP contribution in [0.25, 0.3) is 0 Å². The van der Waals surface area contributed by atoms with Crippen LogP contribution < -0.4 is 0 Å². The number of hydrogen-bond donors (Lipinski definition) is 1. The minimum absolute atomic E-state index is 0.727. The van der Waals surface area contributed by atoms with E-state index in [1.54, 1.807) is 0 Å². The lowest BCUT2D eigenvalue weighted by Crippen LogP contribution is -2.14. The molecule has 1 aromatic rings. The van der Waals surface area contributed by atoms with Crippen LogP contribution in [0.5, 0.6) is 0 Å². The van der Waals surface area contributed by atoms with Crippen LogP contribution in [-0.4, -0.2) is 26.3 Å². The maximum Gasteiger partial charge on any atom is 0.194 e. The Morgan fingerprint density at radius 1 is 1.57 bits per heavy atom. The van der Waals surface area contributed by atoms with Gasteiger partial charge in [0.05, 0.1) is 0 Å². The summed E-state index contributed by atoms with van der Waals surface area (Å²) in [5.41, 5.74) is 0. The number of H-pyrrole nitrogens is 1. The van der Waals surface area contributed by atoms with Gasteiger partial charge in [0.15, 0.2) is 4.77 Å². The molecule has 0 aliphatic carbocycles. The number of rotatable bonds is 2. The lowest BCUT2D eigenvalue weighted by Gasteiger charge is -2.20. The second-order valence-electron chi connectivity index (χ2n) is 3.76. The van der Waals surface area contributed by atoms with Gasteiger partial charge < -0.3 is 4.57 Å². The van der Waals surface area contributed by atoms with E-state index in [-0.39, 0.29) is 0 Å². The van der Waals surface area contributed by atoms with Crippen molar-refractivity contribution in [3.63, 3.8) is 0 Å². The van der Waals surface area contributed by atoms with E-state index in [1.807, 2.05) is 11.6 Å². The molecule has 1 fully saturated rings. The number of aromatic amines is 1. The summed E-state index contributed by atoms with van der Waals surface area (Å²) < 4.78 is 2.71. The minimum Gasteiger partial charge on any atom is -0.307 e. The normalized spacial score (nSPS) is 18.6. The van der Waals surface area contributed by atoms with Gasteiger partial charge in [-0.25, -0.2) is 0 Å². The van der Waals surface area contributed by atoms with Gasteiger partial charge in [-0.2, -0.15) is 16.9 Å². The summed E-state index contributed by atoms with van der Waals surface area (Å²) in [7, 11) is 1.98. The quantitative estimate of drug-likeness (QED) is 0.789. The molecule has 3 nitrogen and oxygen atoms in total. The second-order valence-corrected chi connectivity index (χ2v) is 5.38. The van der Waals surface area contributed by atoms with E-state index in [0.29, 0.717) is 0 Å². The number of nitrogens with zero attached hydrogens (tertiary/aromatic N) is 2. The van der Waals surface area contributed by atoms with Crippen molar-refractivity contribution in [2.75, 3.05) is 11.5 Å². The molecule has 1 aliphatic heterocycles. The molecule has 78 valence electrons. The van der Waals surface area contributed by atoms with Crippen LogP contribution in [0.15, 0.2) is 0 Å². The summed E-state index contributed by atoms with van der Waals surface area (Å²) in [4.78, 5) is 0. The van der Waals surface area contributed by atoms with Gasteiger partial charge in [-0.05, 0) is 42.5 Å². The molecule has 0 unspecified atom stereocenters. The molecule has 0 atom stereocenters. The fourth-order valence-electron chi connectivity index (χ4n) is 1.77. The van der Waals surface area contributed by atoms with E-state index in [0.717, 1.165) is 22.9 Å². The standard InChI is InChI=1S/C9H15N3S2/c1-12-8(10-11-9(12)13)6-7-2-4-14-5-3-7/h7H,2-6H2,1H3,(H,11,13). The maximum absolute atomic E-state index is 5.08. The first-order valence-electron chi connectivity index (χ1n) is 4.95. The molecule has 1 aliphatic rings. The Morgan fingerprint density at radius 2 is 2.29 bits per heavy atom. The third kappa shape index (κ3) is 2.20. The van der Waals surface area contributed by atoms with E-state index in [4.69, 9.17) is 12.2 Å². The van der Waals surface area contributed by atoms with Gasteiger partial charge in [-0.1, -0.05) is 0 Å². The van der Waals surface area contributed by atoms with Crippen LogP contribution in [-0.2, 0) is 13.5 Å². The number of thioether (sulfide) groups is 1. The van der Waals surface area contributed by atoms with Crippen molar-refractivity contribution in [1.29, 1.82) is 0 Å². The maximum atomic E-state index is 5.08. The smallest absolute Gasteiger partial charge is 0.194 e. The average molecular weight is 229 g/mol. The molecule has 0 aromatic carbocycles. The minimum atomic E-state index is 0.727. The van der Waals surface area contributed by atoms with Crippen LogP contribution in [0.1, 0.15) is 18.7 Å². The Balaban J connectivity index is 2.02. The highest BCUT2D eigenvalue weighted by atomic mass is 32.2. The summed E-state index contributed by atoms with van der Waals surface area (Å²) in [5, 5.41) is 7.09. The highest BCUT2D eigenvalue weighted by Gasteiger charge is 2.16. The summed E-state index contributed by atoms with van der Waals surface area (Å²) in [6.45, 7) is 0. The van der Waals surface area contributed by atoms with Gasteiger partial charge in [0.1, 0.15) is 5.82 Å². The van der Waals surface area contributed by atoms with Crippen LogP contribution in [0, 0.1) is 10.7 Å². The summed E-state index contributed by atoms with van der Waals surface area (Å²) in [5.74, 6) is 4.52. The topological polar surface area (TPSA) is 33.6 Å². The zero-order chi connectivity index (χ0) is 9.97. The average Bonchev–Trinajstić information content (AvgIpc) is 2.52. The number of aromatic nitrogens is 3. The van der Waals surface area contributed by atoms with Gasteiger partial charge in [-0.3, -0.25) is 5.10 Å². The van der Waals surface area contributed by atoms with E-state index < -0.39 is 0 Å². The molecule has 0 radical (unpaired) electrons. The van der Waals surface area contributed by atoms with Crippen molar-refractivity contribution in [3.05, 3.63) is 10.6 Å². The molecule has 0 bridgehead atoms. The lowest BCUT2D eigenvalue weighted by molar-refractivity contribution is 0.469. The van der Waals surface area contributed by atoms with Gasteiger partial charge in [0.2, 0.25) is 0 Å². The highest BCUT2D eigenvalue weighted by Crippen LogP contribution is 2.25. The van der Waals surface area contributed by atoms with Crippen molar-refractivity contribution < 1.29 is 0 Å². The molecule has 1 aromatic heterocycles.